The molecule has 0 saturated carbocycles. The summed E-state index contributed by atoms with van der Waals surface area (Å²) < 4.78 is 5.26. The van der Waals surface area contributed by atoms with Crippen molar-refractivity contribution in [1.82, 2.24) is 15.2 Å². The molecule has 3 N–H and O–H groups in total. The third-order valence-corrected chi connectivity index (χ3v) is 3.11. The molecule has 1 aromatic rings. The number of nitrogens with one attached hydrogen (secondary N) is 1. The second-order valence-electron chi connectivity index (χ2n) is 4.62. The van der Waals surface area contributed by atoms with Crippen molar-refractivity contribution in [3.05, 3.63) is 29.6 Å². The predicted octanol–water partition coefficient (Wildman–Crippen LogP) is -0.317. The minimum atomic E-state index is -1.04. The van der Waals surface area contributed by atoms with Gasteiger partial charge in [-0.25, -0.2) is 9.59 Å². The van der Waals surface area contributed by atoms with Gasteiger partial charge in [-0.15, -0.1) is 0 Å². The fourth-order valence-corrected chi connectivity index (χ4v) is 2.00. The Hall–Kier alpha value is -2.19. The molecule has 21 heavy (non-hydrogen) atoms. The summed E-state index contributed by atoms with van der Waals surface area (Å²) in [6.07, 6.45) is 1.03. The van der Waals surface area contributed by atoms with Crippen LogP contribution in [0.15, 0.2) is 18.3 Å². The van der Waals surface area contributed by atoms with E-state index in [4.69, 9.17) is 14.9 Å². The van der Waals surface area contributed by atoms with Crippen LogP contribution in [-0.2, 0) is 11.3 Å². The first-order chi connectivity index (χ1) is 10.1. The van der Waals surface area contributed by atoms with Crippen LogP contribution in [0.25, 0.3) is 0 Å². The van der Waals surface area contributed by atoms with Gasteiger partial charge in [-0.1, -0.05) is 0 Å². The van der Waals surface area contributed by atoms with E-state index in [0.29, 0.717) is 25.4 Å². The molecular weight excluding hydrogens is 278 g/mol. The Morgan fingerprint density at radius 3 is 3.05 bits per heavy atom. The monoisotopic (exact) mass is 295 g/mol. The van der Waals surface area contributed by atoms with Gasteiger partial charge in [0.2, 0.25) is 0 Å². The van der Waals surface area contributed by atoms with Crippen LogP contribution in [0.3, 0.4) is 0 Å². The first kappa shape index (κ1) is 15.2. The number of rotatable bonds is 4. The van der Waals surface area contributed by atoms with Crippen molar-refractivity contribution in [2.45, 2.75) is 12.6 Å². The van der Waals surface area contributed by atoms with Gasteiger partial charge in [0.05, 0.1) is 43.7 Å². The molecule has 1 unspecified atom stereocenters. The normalized spacial score (nSPS) is 18.3. The zero-order valence-corrected chi connectivity index (χ0v) is 11.4. The largest absolute Gasteiger partial charge is 0.478 e. The molecule has 1 aliphatic heterocycles. The maximum atomic E-state index is 12.0. The zero-order valence-electron chi connectivity index (χ0n) is 11.4. The van der Waals surface area contributed by atoms with Crippen LogP contribution in [0.1, 0.15) is 16.1 Å². The SMILES string of the molecule is O=C(O)c1ccnc(CNC(=O)N2CCOC(CO)C2)c1. The molecule has 0 aliphatic carbocycles. The Bertz CT molecular complexity index is 522. The van der Waals surface area contributed by atoms with Crippen molar-refractivity contribution in [3.8, 4) is 0 Å². The molecule has 0 bridgehead atoms. The van der Waals surface area contributed by atoms with Crippen molar-refractivity contribution < 1.29 is 24.5 Å². The first-order valence-corrected chi connectivity index (χ1v) is 6.53. The highest BCUT2D eigenvalue weighted by atomic mass is 16.5. The van der Waals surface area contributed by atoms with Crippen LogP contribution < -0.4 is 5.32 Å². The molecule has 2 heterocycles. The minimum Gasteiger partial charge on any atom is -0.478 e. The summed E-state index contributed by atoms with van der Waals surface area (Å²) in [5.41, 5.74) is 0.594. The van der Waals surface area contributed by atoms with Gasteiger partial charge in [0.15, 0.2) is 0 Å². The average molecular weight is 295 g/mol. The van der Waals surface area contributed by atoms with Crippen molar-refractivity contribution in [1.29, 1.82) is 0 Å². The van der Waals surface area contributed by atoms with Gasteiger partial charge in [0.25, 0.3) is 0 Å². The van der Waals surface area contributed by atoms with E-state index >= 15 is 0 Å². The fraction of sp³-hybridized carbons (Fsp3) is 0.462. The lowest BCUT2D eigenvalue weighted by Gasteiger charge is -2.32. The van der Waals surface area contributed by atoms with Crippen molar-refractivity contribution in [2.75, 3.05) is 26.3 Å². The van der Waals surface area contributed by atoms with Crippen LogP contribution in [0.2, 0.25) is 0 Å². The number of nitrogens with zero attached hydrogens (tertiary/aromatic N) is 2. The molecule has 2 amide bonds. The van der Waals surface area contributed by atoms with Gasteiger partial charge >= 0.3 is 12.0 Å². The Balaban J connectivity index is 1.89. The third-order valence-electron chi connectivity index (χ3n) is 3.11. The number of urea groups is 1. The number of aromatic nitrogens is 1. The number of pyridine rings is 1. The minimum absolute atomic E-state index is 0.126. The maximum Gasteiger partial charge on any atom is 0.335 e. The molecule has 2 rings (SSSR count). The van der Waals surface area contributed by atoms with E-state index in [2.05, 4.69) is 10.3 Å². The molecular formula is C13H17N3O5. The van der Waals surface area contributed by atoms with E-state index in [1.807, 2.05) is 0 Å². The summed E-state index contributed by atoms with van der Waals surface area (Å²) in [4.78, 5) is 28.4. The number of aliphatic hydroxyl groups excluding tert-OH is 1. The van der Waals surface area contributed by atoms with Gasteiger partial charge in [-0.3, -0.25) is 4.98 Å². The number of ether oxygens (including phenoxy) is 1. The number of hydrogen-bond donors (Lipinski definition) is 3. The Morgan fingerprint density at radius 1 is 1.52 bits per heavy atom. The molecule has 1 saturated heterocycles. The van der Waals surface area contributed by atoms with Gasteiger partial charge in [-0.2, -0.15) is 0 Å². The number of carbonyl (C=O) groups is 2. The third kappa shape index (κ3) is 4.14. The number of carboxylic acids is 1. The highest BCUT2D eigenvalue weighted by Gasteiger charge is 2.23. The van der Waals surface area contributed by atoms with Crippen molar-refractivity contribution in [3.63, 3.8) is 0 Å². The van der Waals surface area contributed by atoms with Gasteiger partial charge in [0.1, 0.15) is 0 Å². The topological polar surface area (TPSA) is 112 Å². The Kier molecular flexibility index (Phi) is 5.07. The standard InChI is InChI=1S/C13H17N3O5/c17-8-11-7-16(3-4-21-11)13(20)15-6-10-5-9(12(18)19)1-2-14-10/h1-2,5,11,17H,3-4,6-8H2,(H,15,20)(H,18,19). The van der Waals surface area contributed by atoms with Crippen molar-refractivity contribution >= 4 is 12.0 Å². The molecule has 1 atom stereocenters. The zero-order chi connectivity index (χ0) is 15.2. The number of amides is 2. The summed E-state index contributed by atoms with van der Waals surface area (Å²) in [5.74, 6) is -1.04. The lowest BCUT2D eigenvalue weighted by atomic mass is 10.2. The molecule has 8 heteroatoms. The van der Waals surface area contributed by atoms with Crippen LogP contribution in [0.4, 0.5) is 4.79 Å². The summed E-state index contributed by atoms with van der Waals surface area (Å²) >= 11 is 0. The van der Waals surface area contributed by atoms with Crippen LogP contribution in [0.5, 0.6) is 0 Å². The highest BCUT2D eigenvalue weighted by Crippen LogP contribution is 2.06. The smallest absolute Gasteiger partial charge is 0.335 e. The molecule has 114 valence electrons. The van der Waals surface area contributed by atoms with E-state index < -0.39 is 5.97 Å². The van der Waals surface area contributed by atoms with Gasteiger partial charge in [-0.05, 0) is 12.1 Å². The Morgan fingerprint density at radius 2 is 2.33 bits per heavy atom. The number of hydrogen-bond acceptors (Lipinski definition) is 5. The molecule has 0 aromatic carbocycles. The summed E-state index contributed by atoms with van der Waals surface area (Å²) in [7, 11) is 0. The second kappa shape index (κ2) is 7.00. The molecule has 8 nitrogen and oxygen atoms in total. The number of morpholine rings is 1. The first-order valence-electron chi connectivity index (χ1n) is 6.53. The number of aliphatic hydroxyl groups is 1. The van der Waals surface area contributed by atoms with Crippen LogP contribution >= 0.6 is 0 Å². The number of aromatic carboxylic acids is 1. The van der Waals surface area contributed by atoms with Gasteiger partial charge < -0.3 is 25.2 Å². The van der Waals surface area contributed by atoms with E-state index in [9.17, 15) is 9.59 Å². The predicted molar refractivity (Wildman–Crippen MR) is 71.8 cm³/mol. The molecule has 1 fully saturated rings. The lowest BCUT2D eigenvalue weighted by Crippen LogP contribution is -2.50. The Labute approximate surface area is 121 Å². The number of carboxylic acid groups (broad SMARTS) is 1. The second-order valence-corrected chi connectivity index (χ2v) is 4.62. The highest BCUT2D eigenvalue weighted by molar-refractivity contribution is 5.87. The van der Waals surface area contributed by atoms with E-state index in [1.54, 1.807) is 4.90 Å². The average Bonchev–Trinajstić information content (AvgIpc) is 2.53. The molecule has 0 spiro atoms. The van der Waals surface area contributed by atoms with Gasteiger partial charge in [0, 0.05) is 12.7 Å². The molecule has 0 radical (unpaired) electrons. The summed E-state index contributed by atoms with van der Waals surface area (Å²) in [6.45, 7) is 1.16. The van der Waals surface area contributed by atoms with E-state index in [0.717, 1.165) is 0 Å². The number of carbonyl (C=O) groups excluding carboxylic acids is 1. The van der Waals surface area contributed by atoms with Crippen LogP contribution in [0, 0.1) is 0 Å². The summed E-state index contributed by atoms with van der Waals surface area (Å²) in [5, 5.41) is 20.6. The van der Waals surface area contributed by atoms with E-state index in [-0.39, 0.29) is 30.9 Å². The molecule has 1 aliphatic rings. The lowest BCUT2D eigenvalue weighted by molar-refractivity contribution is -0.0403. The van der Waals surface area contributed by atoms with Crippen molar-refractivity contribution in [2.24, 2.45) is 0 Å². The van der Waals surface area contributed by atoms with Crippen LogP contribution in [-0.4, -0.2) is 64.5 Å². The quantitative estimate of drug-likeness (QED) is 0.702. The summed E-state index contributed by atoms with van der Waals surface area (Å²) in [6, 6.07) is 2.51. The van der Waals surface area contributed by atoms with E-state index in [1.165, 1.54) is 18.3 Å². The molecule has 1 aromatic heterocycles. The fourth-order valence-electron chi connectivity index (χ4n) is 2.00. The maximum absolute atomic E-state index is 12.0.